The van der Waals surface area contributed by atoms with E-state index in [4.69, 9.17) is 0 Å². The largest absolute Gasteiger partial charge is 0.416 e. The Morgan fingerprint density at radius 3 is 2.60 bits per heavy atom. The fourth-order valence-electron chi connectivity index (χ4n) is 1.51. The molecule has 0 radical (unpaired) electrons. The van der Waals surface area contributed by atoms with Gasteiger partial charge in [-0.1, -0.05) is 50.1 Å². The number of aromatic nitrogens is 2. The van der Waals surface area contributed by atoms with Crippen LogP contribution in [0.1, 0.15) is 28.7 Å². The Balaban J connectivity index is 2.44. The van der Waals surface area contributed by atoms with Crippen LogP contribution in [0.3, 0.4) is 0 Å². The zero-order chi connectivity index (χ0) is 14.9. The summed E-state index contributed by atoms with van der Waals surface area (Å²) < 4.78 is 38.8. The second-order valence-corrected chi connectivity index (χ2v) is 6.98. The van der Waals surface area contributed by atoms with Crippen molar-refractivity contribution >= 4 is 43.2 Å². The van der Waals surface area contributed by atoms with Crippen molar-refractivity contribution in [1.29, 1.82) is 0 Å². The molecule has 0 amide bonds. The quantitative estimate of drug-likeness (QED) is 0.573. The summed E-state index contributed by atoms with van der Waals surface area (Å²) in [6.45, 7) is 1.99. The number of rotatable bonds is 3. The van der Waals surface area contributed by atoms with E-state index in [1.165, 1.54) is 17.4 Å². The van der Waals surface area contributed by atoms with Gasteiger partial charge in [0.25, 0.3) is 0 Å². The number of benzene rings is 1. The molecule has 20 heavy (non-hydrogen) atoms. The highest BCUT2D eigenvalue weighted by Crippen LogP contribution is 2.38. The van der Waals surface area contributed by atoms with Crippen LogP contribution in [-0.4, -0.2) is 10.2 Å². The van der Waals surface area contributed by atoms with Gasteiger partial charge in [-0.15, -0.1) is 10.2 Å². The molecule has 0 fully saturated rings. The first-order valence-electron chi connectivity index (χ1n) is 5.67. The van der Waals surface area contributed by atoms with Gasteiger partial charge in [0.1, 0.15) is 10.0 Å². The number of hydrogen-bond acceptors (Lipinski definition) is 3. The van der Waals surface area contributed by atoms with Gasteiger partial charge in [0.05, 0.1) is 10.4 Å². The molecule has 0 saturated carbocycles. The Bertz CT molecular complexity index is 613. The molecule has 0 aliphatic rings. The zero-order valence-corrected chi connectivity index (χ0v) is 14.2. The molecule has 2 aromatic rings. The van der Waals surface area contributed by atoms with Crippen LogP contribution in [0.2, 0.25) is 0 Å². The van der Waals surface area contributed by atoms with Crippen LogP contribution in [-0.2, 0) is 6.18 Å². The zero-order valence-electron chi connectivity index (χ0n) is 10.2. The van der Waals surface area contributed by atoms with Crippen LogP contribution < -0.4 is 0 Å². The summed E-state index contributed by atoms with van der Waals surface area (Å²) >= 11 is 7.99. The van der Waals surface area contributed by atoms with E-state index in [2.05, 4.69) is 42.1 Å². The Morgan fingerprint density at radius 2 is 2.00 bits per heavy atom. The van der Waals surface area contributed by atoms with E-state index in [0.29, 0.717) is 15.0 Å². The van der Waals surface area contributed by atoms with Crippen LogP contribution in [0.25, 0.3) is 10.6 Å². The normalized spacial score (nSPS) is 13.5. The van der Waals surface area contributed by atoms with Crippen LogP contribution in [0.15, 0.2) is 22.7 Å². The fourth-order valence-corrected chi connectivity index (χ4v) is 3.38. The van der Waals surface area contributed by atoms with Gasteiger partial charge in [0, 0.05) is 10.0 Å². The molecule has 1 heterocycles. The van der Waals surface area contributed by atoms with Crippen molar-refractivity contribution in [1.82, 2.24) is 10.2 Å². The molecule has 108 valence electrons. The van der Waals surface area contributed by atoms with Gasteiger partial charge >= 0.3 is 6.18 Å². The first-order chi connectivity index (χ1) is 9.32. The highest BCUT2D eigenvalue weighted by atomic mass is 79.9. The average molecular weight is 430 g/mol. The molecular weight excluding hydrogens is 421 g/mol. The van der Waals surface area contributed by atoms with Crippen LogP contribution in [0.5, 0.6) is 0 Å². The van der Waals surface area contributed by atoms with E-state index < -0.39 is 11.7 Å². The lowest BCUT2D eigenvalue weighted by molar-refractivity contribution is -0.137. The van der Waals surface area contributed by atoms with Crippen molar-refractivity contribution in [2.45, 2.75) is 24.3 Å². The first kappa shape index (κ1) is 15.9. The number of nitrogens with zero attached hydrogens (tertiary/aromatic N) is 2. The van der Waals surface area contributed by atoms with Gasteiger partial charge in [0.2, 0.25) is 0 Å². The number of halogens is 5. The minimum atomic E-state index is -4.37. The smallest absolute Gasteiger partial charge is 0.166 e. The van der Waals surface area contributed by atoms with E-state index in [-0.39, 0.29) is 4.83 Å². The summed E-state index contributed by atoms with van der Waals surface area (Å²) in [4.78, 5) is 0.0679. The molecule has 0 aliphatic heterocycles. The van der Waals surface area contributed by atoms with Gasteiger partial charge in [-0.3, -0.25) is 0 Å². The van der Waals surface area contributed by atoms with Gasteiger partial charge in [-0.05, 0) is 24.6 Å². The third kappa shape index (κ3) is 3.40. The molecule has 0 N–H and O–H groups in total. The average Bonchev–Trinajstić information content (AvgIpc) is 2.86. The standard InChI is InChI=1S/C12H9Br2F3N2S/c1-2-8(13)11-19-18-10(20-11)7-5-6(12(15,16)17)3-4-9(7)14/h3-5,8H,2H2,1H3. The highest BCUT2D eigenvalue weighted by Gasteiger charge is 2.31. The third-order valence-electron chi connectivity index (χ3n) is 2.59. The number of alkyl halides is 4. The molecule has 2 nitrogen and oxygen atoms in total. The third-order valence-corrected chi connectivity index (χ3v) is 5.74. The highest BCUT2D eigenvalue weighted by molar-refractivity contribution is 9.10. The van der Waals surface area contributed by atoms with Crippen molar-refractivity contribution in [3.63, 3.8) is 0 Å². The molecule has 1 aromatic heterocycles. The van der Waals surface area contributed by atoms with E-state index in [0.717, 1.165) is 23.6 Å². The second kappa shape index (κ2) is 6.11. The monoisotopic (exact) mass is 428 g/mol. The SMILES string of the molecule is CCC(Br)c1nnc(-c2cc(C(F)(F)F)ccc2Br)s1. The van der Waals surface area contributed by atoms with Gasteiger partial charge in [-0.25, -0.2) is 0 Å². The maximum atomic E-state index is 12.7. The van der Waals surface area contributed by atoms with Crippen LogP contribution in [0, 0.1) is 0 Å². The lowest BCUT2D eigenvalue weighted by Crippen LogP contribution is -2.04. The molecule has 2 rings (SSSR count). The number of hydrogen-bond donors (Lipinski definition) is 0. The minimum absolute atomic E-state index is 0.0679. The Labute approximate surface area is 134 Å². The summed E-state index contributed by atoms with van der Waals surface area (Å²) in [5.74, 6) is 0. The topological polar surface area (TPSA) is 25.8 Å². The summed E-state index contributed by atoms with van der Waals surface area (Å²) in [7, 11) is 0. The van der Waals surface area contributed by atoms with E-state index >= 15 is 0 Å². The predicted octanol–water partition coefficient (Wildman–Crippen LogP) is 5.83. The Morgan fingerprint density at radius 1 is 1.30 bits per heavy atom. The van der Waals surface area contributed by atoms with Crippen molar-refractivity contribution in [2.75, 3.05) is 0 Å². The summed E-state index contributed by atoms with van der Waals surface area (Å²) in [6, 6.07) is 3.50. The Kier molecular flexibility index (Phi) is 4.86. The van der Waals surface area contributed by atoms with Crippen molar-refractivity contribution in [3.05, 3.63) is 33.2 Å². The van der Waals surface area contributed by atoms with Crippen molar-refractivity contribution in [2.24, 2.45) is 0 Å². The van der Waals surface area contributed by atoms with E-state index in [9.17, 15) is 13.2 Å². The minimum Gasteiger partial charge on any atom is -0.166 e. The van der Waals surface area contributed by atoms with Gasteiger partial charge in [-0.2, -0.15) is 13.2 Å². The molecule has 0 saturated heterocycles. The first-order valence-corrected chi connectivity index (χ1v) is 8.20. The lowest BCUT2D eigenvalue weighted by atomic mass is 10.1. The molecular formula is C12H9Br2F3N2S. The molecule has 0 aliphatic carbocycles. The van der Waals surface area contributed by atoms with E-state index in [1.807, 2.05) is 6.92 Å². The maximum absolute atomic E-state index is 12.7. The second-order valence-electron chi connectivity index (χ2n) is 4.01. The van der Waals surface area contributed by atoms with E-state index in [1.54, 1.807) is 0 Å². The molecule has 1 aromatic carbocycles. The fraction of sp³-hybridized carbons (Fsp3) is 0.333. The summed E-state index contributed by atoms with van der Waals surface area (Å²) in [5.41, 5.74) is -0.294. The van der Waals surface area contributed by atoms with Crippen molar-refractivity contribution in [3.8, 4) is 10.6 Å². The van der Waals surface area contributed by atoms with Gasteiger partial charge in [0.15, 0.2) is 0 Å². The maximum Gasteiger partial charge on any atom is 0.416 e. The van der Waals surface area contributed by atoms with Crippen LogP contribution in [0.4, 0.5) is 13.2 Å². The predicted molar refractivity (Wildman–Crippen MR) is 80.0 cm³/mol. The molecule has 0 bridgehead atoms. The Hall–Kier alpha value is -0.470. The summed E-state index contributed by atoms with van der Waals surface area (Å²) in [5, 5.41) is 9.22. The van der Waals surface area contributed by atoms with Gasteiger partial charge < -0.3 is 0 Å². The van der Waals surface area contributed by atoms with Crippen LogP contribution >= 0.6 is 43.2 Å². The molecule has 0 spiro atoms. The molecule has 8 heteroatoms. The lowest BCUT2D eigenvalue weighted by Gasteiger charge is -2.08. The molecule has 1 unspecified atom stereocenters. The molecule has 1 atom stereocenters. The van der Waals surface area contributed by atoms with Crippen molar-refractivity contribution < 1.29 is 13.2 Å². The summed E-state index contributed by atoms with van der Waals surface area (Å²) in [6.07, 6.45) is -3.54.